The third-order valence-corrected chi connectivity index (χ3v) is 8.03. The number of aliphatic imine (C=N–C) groups is 1. The molecule has 6 amide bonds. The van der Waals surface area contributed by atoms with E-state index in [1.807, 2.05) is 13.8 Å². The summed E-state index contributed by atoms with van der Waals surface area (Å²) in [4.78, 5) is 95.2. The second-order valence-corrected chi connectivity index (χ2v) is 12.9. The molecule has 1 rings (SSSR count). The van der Waals surface area contributed by atoms with Crippen LogP contribution in [0.1, 0.15) is 85.0 Å². The molecule has 0 aromatic carbocycles. The molecule has 0 spiro atoms. The van der Waals surface area contributed by atoms with E-state index in [-0.39, 0.29) is 69.9 Å². The van der Waals surface area contributed by atoms with E-state index in [1.54, 1.807) is 0 Å². The van der Waals surface area contributed by atoms with Crippen LogP contribution < -0.4 is 49.9 Å². The monoisotopic (exact) mass is 711 g/mol. The van der Waals surface area contributed by atoms with Crippen molar-refractivity contribution >= 4 is 47.4 Å². The first-order valence-corrected chi connectivity index (χ1v) is 17.0. The van der Waals surface area contributed by atoms with Gasteiger partial charge >= 0.3 is 5.97 Å². The predicted octanol–water partition coefficient (Wildman–Crippen LogP) is -3.16. The number of hydrogen-bond acceptors (Lipinski definition) is 10. The lowest BCUT2D eigenvalue weighted by atomic mass is 10.0. The van der Waals surface area contributed by atoms with Crippen molar-refractivity contribution in [2.75, 3.05) is 19.6 Å². The fourth-order valence-electron chi connectivity index (χ4n) is 5.39. The zero-order valence-electron chi connectivity index (χ0n) is 29.3. The summed E-state index contributed by atoms with van der Waals surface area (Å²) in [5.41, 5.74) is 27.2. The van der Waals surface area contributed by atoms with Crippen LogP contribution in [0.25, 0.3) is 0 Å². The number of nitrogens with zero attached hydrogens (tertiary/aromatic N) is 2. The highest BCUT2D eigenvalue weighted by atomic mass is 16.4. The van der Waals surface area contributed by atoms with Gasteiger partial charge in [-0.25, -0.2) is 4.79 Å². The van der Waals surface area contributed by atoms with Crippen LogP contribution in [0, 0.1) is 5.92 Å². The van der Waals surface area contributed by atoms with Crippen LogP contribution >= 0.6 is 0 Å². The van der Waals surface area contributed by atoms with Gasteiger partial charge in [-0.3, -0.25) is 33.8 Å². The highest BCUT2D eigenvalue weighted by molar-refractivity contribution is 5.96. The number of aliphatic carboxylic acids is 1. The number of unbranched alkanes of at least 4 members (excludes halogenated alkanes) is 1. The van der Waals surface area contributed by atoms with Gasteiger partial charge in [0.15, 0.2) is 5.96 Å². The number of carbonyl (C=O) groups excluding carboxylic acids is 6. The van der Waals surface area contributed by atoms with Crippen molar-refractivity contribution in [3.8, 4) is 0 Å². The van der Waals surface area contributed by atoms with E-state index in [0.29, 0.717) is 25.8 Å². The number of carboxylic acids is 1. The molecule has 15 N–H and O–H groups in total. The molecule has 0 aromatic heterocycles. The molecule has 0 radical (unpaired) electrons. The average Bonchev–Trinajstić information content (AvgIpc) is 3.52. The first kappa shape index (κ1) is 43.5. The summed E-state index contributed by atoms with van der Waals surface area (Å²) in [5.74, 6) is -5.50. The zero-order valence-corrected chi connectivity index (χ0v) is 29.3. The number of likely N-dealkylation sites (tertiary alicyclic amines) is 1. The van der Waals surface area contributed by atoms with E-state index in [9.17, 15) is 38.7 Å². The molecule has 0 unspecified atom stereocenters. The minimum absolute atomic E-state index is 0.0293. The Balaban J connectivity index is 3.19. The Kier molecular flexibility index (Phi) is 19.4. The van der Waals surface area contributed by atoms with Gasteiger partial charge in [0.25, 0.3) is 0 Å². The lowest BCUT2D eigenvalue weighted by Gasteiger charge is -2.31. The van der Waals surface area contributed by atoms with Crippen LogP contribution in [0.2, 0.25) is 0 Å². The summed E-state index contributed by atoms with van der Waals surface area (Å²) in [6.45, 7) is 5.81. The van der Waals surface area contributed by atoms with Crippen LogP contribution in [0.3, 0.4) is 0 Å². The molecular formula is C31H57N11O8. The summed E-state index contributed by atoms with van der Waals surface area (Å²) < 4.78 is 0. The molecule has 1 aliphatic heterocycles. The number of primary amides is 1. The molecular weight excluding hydrogens is 654 g/mol. The highest BCUT2D eigenvalue weighted by Gasteiger charge is 2.39. The zero-order chi connectivity index (χ0) is 38.0. The summed E-state index contributed by atoms with van der Waals surface area (Å²) in [5, 5.41) is 20.1. The molecule has 19 heteroatoms. The van der Waals surface area contributed by atoms with E-state index in [0.717, 1.165) is 0 Å². The van der Waals surface area contributed by atoms with Gasteiger partial charge in [0.2, 0.25) is 35.4 Å². The third kappa shape index (κ3) is 15.8. The fourth-order valence-corrected chi connectivity index (χ4v) is 5.39. The molecule has 1 saturated heterocycles. The van der Waals surface area contributed by atoms with Crippen molar-refractivity contribution in [1.82, 2.24) is 26.2 Å². The molecule has 1 heterocycles. The quantitative estimate of drug-likeness (QED) is 0.0285. The topological polar surface area (TPSA) is 334 Å². The number of carbonyl (C=O) groups is 7. The molecule has 0 saturated carbocycles. The fraction of sp³-hybridized carbons (Fsp3) is 0.742. The second-order valence-electron chi connectivity index (χ2n) is 12.9. The van der Waals surface area contributed by atoms with Crippen molar-refractivity contribution in [3.63, 3.8) is 0 Å². The van der Waals surface area contributed by atoms with Gasteiger partial charge in [0, 0.05) is 19.5 Å². The van der Waals surface area contributed by atoms with Gasteiger partial charge in [0.1, 0.15) is 30.2 Å². The summed E-state index contributed by atoms with van der Waals surface area (Å²) in [6.07, 6.45) is 2.03. The standard InChI is InChI=1S/C31H57N11O8/c1-17(2)16-22(41-26(45)19(8-4-5-13-32)38-25(44)18(3)33)27(46)39-20(11-12-24(34)43)29(48)42-15-7-10-23(42)28(47)40-21(30(49)50)9-6-14-37-31(35)36/h17-23H,4-16,32-33H2,1-3H3,(H2,34,43)(H,38,44)(H,39,46)(H,40,47)(H,41,45)(H,49,50)(H4,35,36,37)/t18-,19-,20-,21-,22-,23-/m0/s1. The number of hydrogen-bond donors (Lipinski definition) is 10. The minimum atomic E-state index is -1.30. The van der Waals surface area contributed by atoms with Gasteiger partial charge in [-0.2, -0.15) is 0 Å². The number of amides is 6. The van der Waals surface area contributed by atoms with E-state index in [4.69, 9.17) is 28.7 Å². The lowest BCUT2D eigenvalue weighted by molar-refractivity contribution is -0.145. The van der Waals surface area contributed by atoms with E-state index in [2.05, 4.69) is 26.3 Å². The third-order valence-electron chi connectivity index (χ3n) is 8.03. The van der Waals surface area contributed by atoms with Crippen LogP contribution in [0.5, 0.6) is 0 Å². The Labute approximate surface area is 292 Å². The van der Waals surface area contributed by atoms with E-state index in [1.165, 1.54) is 11.8 Å². The van der Waals surface area contributed by atoms with Crippen molar-refractivity contribution < 1.29 is 38.7 Å². The number of guanidine groups is 1. The van der Waals surface area contributed by atoms with Crippen LogP contribution in [0.15, 0.2) is 4.99 Å². The number of rotatable bonds is 23. The van der Waals surface area contributed by atoms with Crippen molar-refractivity contribution in [1.29, 1.82) is 0 Å². The van der Waals surface area contributed by atoms with Crippen LogP contribution in [0.4, 0.5) is 0 Å². The summed E-state index contributed by atoms with van der Waals surface area (Å²) in [6, 6.07) is -6.62. The van der Waals surface area contributed by atoms with Crippen molar-refractivity contribution in [2.24, 2.45) is 39.6 Å². The highest BCUT2D eigenvalue weighted by Crippen LogP contribution is 2.21. The Bertz CT molecular complexity index is 1210. The van der Waals surface area contributed by atoms with Gasteiger partial charge in [-0.15, -0.1) is 0 Å². The summed E-state index contributed by atoms with van der Waals surface area (Å²) >= 11 is 0. The lowest BCUT2D eigenvalue weighted by Crippen LogP contribution is -2.59. The average molecular weight is 712 g/mol. The van der Waals surface area contributed by atoms with Gasteiger partial charge < -0.3 is 59.9 Å². The normalized spacial score (nSPS) is 17.1. The Morgan fingerprint density at radius 1 is 0.800 bits per heavy atom. The molecule has 50 heavy (non-hydrogen) atoms. The molecule has 284 valence electrons. The molecule has 19 nitrogen and oxygen atoms in total. The van der Waals surface area contributed by atoms with Gasteiger partial charge in [0.05, 0.1) is 6.04 Å². The first-order valence-electron chi connectivity index (χ1n) is 17.0. The maximum Gasteiger partial charge on any atom is 0.326 e. The number of carboxylic acid groups (broad SMARTS) is 1. The molecule has 0 aromatic rings. The SMILES string of the molecule is CC(C)C[C@H](NC(=O)[C@H](CCCCN)NC(=O)[C@H](C)N)C(=O)N[C@@H](CCC(N)=O)C(=O)N1CCC[C@H]1C(=O)N[C@@H](CCCN=C(N)N)C(=O)O. The largest absolute Gasteiger partial charge is 0.480 e. The smallest absolute Gasteiger partial charge is 0.326 e. The first-order chi connectivity index (χ1) is 23.5. The minimum Gasteiger partial charge on any atom is -0.480 e. The van der Waals surface area contributed by atoms with E-state index < -0.39 is 77.7 Å². The molecule has 0 aliphatic carbocycles. The van der Waals surface area contributed by atoms with Crippen LogP contribution in [-0.4, -0.2) is 113 Å². The molecule has 0 bridgehead atoms. The Morgan fingerprint density at radius 3 is 1.96 bits per heavy atom. The Hall–Kier alpha value is -4.52. The van der Waals surface area contributed by atoms with Crippen molar-refractivity contribution in [2.45, 2.75) is 121 Å². The molecule has 1 aliphatic rings. The van der Waals surface area contributed by atoms with Crippen LogP contribution in [-0.2, 0) is 33.6 Å². The number of nitrogens with two attached hydrogens (primary N) is 5. The second kappa shape index (κ2) is 22.2. The maximum atomic E-state index is 13.9. The molecule has 6 atom stereocenters. The van der Waals surface area contributed by atoms with Gasteiger partial charge in [-0.1, -0.05) is 13.8 Å². The predicted molar refractivity (Wildman–Crippen MR) is 184 cm³/mol. The molecule has 1 fully saturated rings. The number of nitrogens with one attached hydrogen (secondary N) is 4. The Morgan fingerprint density at radius 2 is 1.40 bits per heavy atom. The van der Waals surface area contributed by atoms with Crippen molar-refractivity contribution in [3.05, 3.63) is 0 Å². The summed E-state index contributed by atoms with van der Waals surface area (Å²) in [7, 11) is 0. The van der Waals surface area contributed by atoms with Gasteiger partial charge in [-0.05, 0) is 77.2 Å². The maximum absolute atomic E-state index is 13.9. The van der Waals surface area contributed by atoms with E-state index >= 15 is 0 Å².